The topological polar surface area (TPSA) is 79.0 Å². The second-order valence-electron chi connectivity index (χ2n) is 7.00. The zero-order valence-electron chi connectivity index (χ0n) is 16.4. The normalized spacial score (nSPS) is 17.0. The standard InChI is InChI=1S/C22H20ClN3O4/c1-14(27)24-17-6-2-15(3-7-17)19-20(25-10-12-30-13-11-25)22(29)26(21(19)28)18-8-4-16(23)5-9-18/h2-9H,10-13H2,1H3,(H,24,27). The molecule has 4 rings (SSSR count). The van der Waals surface area contributed by atoms with Crippen molar-refractivity contribution in [1.29, 1.82) is 0 Å². The molecule has 1 fully saturated rings. The van der Waals surface area contributed by atoms with E-state index in [-0.39, 0.29) is 11.8 Å². The first-order valence-corrected chi connectivity index (χ1v) is 9.93. The lowest BCUT2D eigenvalue weighted by atomic mass is 10.0. The summed E-state index contributed by atoms with van der Waals surface area (Å²) in [6.45, 7) is 3.45. The van der Waals surface area contributed by atoms with E-state index in [1.807, 2.05) is 4.90 Å². The molecular formula is C22H20ClN3O4. The Balaban J connectivity index is 1.76. The van der Waals surface area contributed by atoms with Crippen molar-refractivity contribution in [3.05, 3.63) is 64.8 Å². The van der Waals surface area contributed by atoms with Crippen molar-refractivity contribution in [3.8, 4) is 0 Å². The van der Waals surface area contributed by atoms with E-state index < -0.39 is 5.91 Å². The number of carbonyl (C=O) groups is 3. The fraction of sp³-hybridized carbons (Fsp3) is 0.227. The van der Waals surface area contributed by atoms with Crippen LogP contribution in [0, 0.1) is 0 Å². The number of rotatable bonds is 4. The Hall–Kier alpha value is -3.16. The van der Waals surface area contributed by atoms with E-state index in [1.165, 1.54) is 11.8 Å². The van der Waals surface area contributed by atoms with Gasteiger partial charge in [0.25, 0.3) is 11.8 Å². The molecule has 0 bridgehead atoms. The summed E-state index contributed by atoms with van der Waals surface area (Å²) in [5.74, 6) is -0.946. The Bertz CT molecular complexity index is 1030. The second kappa shape index (κ2) is 8.30. The first kappa shape index (κ1) is 20.1. The Morgan fingerprint density at radius 3 is 2.20 bits per heavy atom. The lowest BCUT2D eigenvalue weighted by molar-refractivity contribution is -0.121. The van der Waals surface area contributed by atoms with Gasteiger partial charge in [-0.05, 0) is 42.0 Å². The molecular weight excluding hydrogens is 406 g/mol. The molecule has 2 aromatic carbocycles. The summed E-state index contributed by atoms with van der Waals surface area (Å²) in [5.41, 5.74) is 2.40. The smallest absolute Gasteiger partial charge is 0.282 e. The van der Waals surface area contributed by atoms with Gasteiger partial charge in [0, 0.05) is 30.7 Å². The van der Waals surface area contributed by atoms with Gasteiger partial charge in [-0.15, -0.1) is 0 Å². The number of hydrogen-bond donors (Lipinski definition) is 1. The van der Waals surface area contributed by atoms with Crippen LogP contribution in [0.1, 0.15) is 12.5 Å². The number of nitrogens with zero attached hydrogens (tertiary/aromatic N) is 2. The molecule has 7 nitrogen and oxygen atoms in total. The first-order valence-electron chi connectivity index (χ1n) is 9.55. The van der Waals surface area contributed by atoms with Crippen molar-refractivity contribution in [2.75, 3.05) is 36.5 Å². The van der Waals surface area contributed by atoms with Crippen LogP contribution >= 0.6 is 11.6 Å². The van der Waals surface area contributed by atoms with Crippen LogP contribution in [0.15, 0.2) is 54.2 Å². The van der Waals surface area contributed by atoms with Gasteiger partial charge in [-0.2, -0.15) is 0 Å². The van der Waals surface area contributed by atoms with Gasteiger partial charge in [0.05, 0.1) is 24.5 Å². The number of ether oxygens (including phenoxy) is 1. The minimum absolute atomic E-state index is 0.183. The molecule has 2 aromatic rings. The number of carbonyl (C=O) groups excluding carboxylic acids is 3. The molecule has 2 heterocycles. The molecule has 0 saturated carbocycles. The molecule has 2 aliphatic heterocycles. The molecule has 1 saturated heterocycles. The molecule has 0 atom stereocenters. The van der Waals surface area contributed by atoms with Crippen molar-refractivity contribution in [2.45, 2.75) is 6.92 Å². The highest BCUT2D eigenvalue weighted by Gasteiger charge is 2.42. The number of halogens is 1. The van der Waals surface area contributed by atoms with Gasteiger partial charge in [-0.3, -0.25) is 14.4 Å². The summed E-state index contributed by atoms with van der Waals surface area (Å²) >= 11 is 5.97. The zero-order valence-corrected chi connectivity index (χ0v) is 17.1. The molecule has 1 N–H and O–H groups in total. The number of imide groups is 1. The number of anilines is 2. The van der Waals surface area contributed by atoms with E-state index in [1.54, 1.807) is 48.5 Å². The number of benzene rings is 2. The Morgan fingerprint density at radius 2 is 1.60 bits per heavy atom. The van der Waals surface area contributed by atoms with Crippen LogP contribution < -0.4 is 10.2 Å². The molecule has 8 heteroatoms. The SMILES string of the molecule is CC(=O)Nc1ccc(C2=C(N3CCOCC3)C(=O)N(c3ccc(Cl)cc3)C2=O)cc1. The van der Waals surface area contributed by atoms with Gasteiger partial charge in [0.1, 0.15) is 5.70 Å². The highest BCUT2D eigenvalue weighted by molar-refractivity contribution is 6.45. The molecule has 0 aliphatic carbocycles. The molecule has 0 radical (unpaired) electrons. The third-order valence-electron chi connectivity index (χ3n) is 4.97. The first-order chi connectivity index (χ1) is 14.5. The number of morpholine rings is 1. The van der Waals surface area contributed by atoms with E-state index >= 15 is 0 Å². The lowest BCUT2D eigenvalue weighted by Crippen LogP contribution is -2.40. The summed E-state index contributed by atoms with van der Waals surface area (Å²) in [5, 5.41) is 3.22. The van der Waals surface area contributed by atoms with Crippen molar-refractivity contribution in [3.63, 3.8) is 0 Å². The van der Waals surface area contributed by atoms with Gasteiger partial charge in [-0.25, -0.2) is 4.90 Å². The maximum Gasteiger partial charge on any atom is 0.282 e. The minimum atomic E-state index is -0.393. The van der Waals surface area contributed by atoms with E-state index in [2.05, 4.69) is 5.32 Å². The van der Waals surface area contributed by atoms with Crippen molar-refractivity contribution in [2.24, 2.45) is 0 Å². The van der Waals surface area contributed by atoms with Gasteiger partial charge < -0.3 is 15.0 Å². The van der Waals surface area contributed by atoms with E-state index in [0.29, 0.717) is 59.5 Å². The quantitative estimate of drug-likeness (QED) is 0.762. The third-order valence-corrected chi connectivity index (χ3v) is 5.22. The maximum absolute atomic E-state index is 13.4. The van der Waals surface area contributed by atoms with Crippen molar-refractivity contribution >= 4 is 46.3 Å². The highest BCUT2D eigenvalue weighted by atomic mass is 35.5. The Labute approximate surface area is 178 Å². The largest absolute Gasteiger partial charge is 0.378 e. The molecule has 0 spiro atoms. The highest BCUT2D eigenvalue weighted by Crippen LogP contribution is 2.35. The third kappa shape index (κ3) is 3.81. The minimum Gasteiger partial charge on any atom is -0.378 e. The van der Waals surface area contributed by atoms with Crippen molar-refractivity contribution in [1.82, 2.24) is 4.90 Å². The molecule has 2 aliphatic rings. The van der Waals surface area contributed by atoms with Crippen LogP contribution in [0.2, 0.25) is 5.02 Å². The predicted molar refractivity (Wildman–Crippen MR) is 114 cm³/mol. The molecule has 154 valence electrons. The molecule has 0 aromatic heterocycles. The van der Waals surface area contributed by atoms with E-state index in [4.69, 9.17) is 16.3 Å². The second-order valence-corrected chi connectivity index (χ2v) is 7.44. The number of nitrogens with one attached hydrogen (secondary N) is 1. The Kier molecular flexibility index (Phi) is 5.57. The number of amides is 3. The monoisotopic (exact) mass is 425 g/mol. The fourth-order valence-corrected chi connectivity index (χ4v) is 3.73. The summed E-state index contributed by atoms with van der Waals surface area (Å²) in [6.07, 6.45) is 0. The number of hydrogen-bond acceptors (Lipinski definition) is 5. The van der Waals surface area contributed by atoms with Crippen LogP contribution in [0.4, 0.5) is 11.4 Å². The van der Waals surface area contributed by atoms with Crippen LogP contribution in [-0.4, -0.2) is 48.9 Å². The van der Waals surface area contributed by atoms with Gasteiger partial charge >= 0.3 is 0 Å². The van der Waals surface area contributed by atoms with Gasteiger partial charge in [-0.1, -0.05) is 23.7 Å². The van der Waals surface area contributed by atoms with Gasteiger partial charge in [0.15, 0.2) is 0 Å². The van der Waals surface area contributed by atoms with E-state index in [9.17, 15) is 14.4 Å². The van der Waals surface area contributed by atoms with Crippen LogP contribution in [0.3, 0.4) is 0 Å². The predicted octanol–water partition coefficient (Wildman–Crippen LogP) is 2.92. The summed E-state index contributed by atoms with van der Waals surface area (Å²) < 4.78 is 5.41. The summed E-state index contributed by atoms with van der Waals surface area (Å²) in [4.78, 5) is 41.1. The average molecular weight is 426 g/mol. The average Bonchev–Trinajstić information content (AvgIpc) is 3.00. The van der Waals surface area contributed by atoms with Crippen LogP contribution in [0.5, 0.6) is 0 Å². The van der Waals surface area contributed by atoms with Gasteiger partial charge in [0.2, 0.25) is 5.91 Å². The maximum atomic E-state index is 13.4. The molecule has 0 unspecified atom stereocenters. The summed E-state index contributed by atoms with van der Waals surface area (Å²) in [6, 6.07) is 13.5. The Morgan fingerprint density at radius 1 is 0.967 bits per heavy atom. The molecule has 30 heavy (non-hydrogen) atoms. The lowest BCUT2D eigenvalue weighted by Gasteiger charge is -2.29. The van der Waals surface area contributed by atoms with Crippen LogP contribution in [0.25, 0.3) is 5.57 Å². The zero-order chi connectivity index (χ0) is 21.3. The van der Waals surface area contributed by atoms with Crippen LogP contribution in [-0.2, 0) is 19.1 Å². The van der Waals surface area contributed by atoms with Crippen molar-refractivity contribution < 1.29 is 19.1 Å². The fourth-order valence-electron chi connectivity index (χ4n) is 3.61. The summed E-state index contributed by atoms with van der Waals surface area (Å²) in [7, 11) is 0. The van der Waals surface area contributed by atoms with E-state index in [0.717, 1.165) is 0 Å². The molecule has 3 amide bonds.